The molecule has 3 rings (SSSR count). The zero-order valence-electron chi connectivity index (χ0n) is 9.14. The fourth-order valence-electron chi connectivity index (χ4n) is 1.89. The number of hydrogen-bond acceptors (Lipinski definition) is 4. The minimum atomic E-state index is 0. The maximum absolute atomic E-state index is 12.2. The molecule has 3 heterocycles. The lowest BCUT2D eigenvalue weighted by Crippen LogP contribution is -2.46. The number of hydrogen-bond donors (Lipinski definition) is 1. The van der Waals surface area contributed by atoms with Crippen molar-refractivity contribution in [3.8, 4) is 0 Å². The van der Waals surface area contributed by atoms with Crippen LogP contribution in [0.15, 0.2) is 17.5 Å². The molecule has 0 bridgehead atoms. The molecule has 0 aromatic carbocycles. The summed E-state index contributed by atoms with van der Waals surface area (Å²) in [6, 6.07) is 4.11. The zero-order chi connectivity index (χ0) is 11.0. The van der Waals surface area contributed by atoms with E-state index in [4.69, 9.17) is 0 Å². The molecule has 2 aromatic heterocycles. The van der Waals surface area contributed by atoms with E-state index in [2.05, 4.69) is 16.8 Å². The number of carbonyl (C=O) groups is 1. The van der Waals surface area contributed by atoms with Crippen LogP contribution in [0.3, 0.4) is 0 Å². The third-order valence-electron chi connectivity index (χ3n) is 2.75. The van der Waals surface area contributed by atoms with Gasteiger partial charge in [-0.1, -0.05) is 0 Å². The Balaban J connectivity index is 0.00000108. The molecule has 0 unspecified atom stereocenters. The highest BCUT2D eigenvalue weighted by Gasteiger charge is 2.19. The Morgan fingerprint density at radius 2 is 2.06 bits per heavy atom. The van der Waals surface area contributed by atoms with Crippen molar-refractivity contribution in [2.45, 2.75) is 0 Å². The molecule has 0 aliphatic carbocycles. The first-order valence-electron chi connectivity index (χ1n) is 5.31. The summed E-state index contributed by atoms with van der Waals surface area (Å²) in [6.45, 7) is 3.46. The highest BCUT2D eigenvalue weighted by atomic mass is 35.5. The van der Waals surface area contributed by atoms with Gasteiger partial charge in [0.15, 0.2) is 0 Å². The van der Waals surface area contributed by atoms with E-state index in [0.717, 1.165) is 31.1 Å². The minimum absolute atomic E-state index is 0. The Morgan fingerprint density at radius 1 is 1.29 bits per heavy atom. The van der Waals surface area contributed by atoms with Gasteiger partial charge in [-0.2, -0.15) is 0 Å². The van der Waals surface area contributed by atoms with Crippen LogP contribution < -0.4 is 5.32 Å². The fourth-order valence-corrected chi connectivity index (χ4v) is 3.97. The number of amides is 1. The number of carbonyl (C=O) groups excluding carboxylic acids is 1. The first kappa shape index (κ1) is 12.8. The van der Waals surface area contributed by atoms with E-state index in [1.54, 1.807) is 22.7 Å². The van der Waals surface area contributed by atoms with E-state index in [9.17, 15) is 4.79 Å². The highest BCUT2D eigenvalue weighted by Crippen LogP contribution is 2.30. The van der Waals surface area contributed by atoms with Crippen molar-refractivity contribution in [3.05, 3.63) is 22.4 Å². The molecule has 0 atom stereocenters. The molecule has 3 nitrogen and oxygen atoms in total. The van der Waals surface area contributed by atoms with Crippen molar-refractivity contribution < 1.29 is 4.79 Å². The van der Waals surface area contributed by atoms with Crippen LogP contribution in [0.25, 0.3) is 9.40 Å². The number of fused-ring (bicyclic) bond motifs is 1. The fraction of sp³-hybridized carbons (Fsp3) is 0.364. The third-order valence-corrected chi connectivity index (χ3v) is 4.84. The van der Waals surface area contributed by atoms with Gasteiger partial charge in [0.1, 0.15) is 0 Å². The minimum Gasteiger partial charge on any atom is -0.335 e. The predicted molar refractivity (Wildman–Crippen MR) is 75.7 cm³/mol. The van der Waals surface area contributed by atoms with Crippen LogP contribution in [0.4, 0.5) is 0 Å². The number of piperazine rings is 1. The van der Waals surface area contributed by atoms with E-state index < -0.39 is 0 Å². The van der Waals surface area contributed by atoms with Gasteiger partial charge in [0.05, 0.1) is 4.88 Å². The maximum atomic E-state index is 12.2. The SMILES string of the molecule is Cl.O=C(c1cc2sccc2s1)N1CCNCC1. The number of nitrogens with one attached hydrogen (secondary N) is 1. The summed E-state index contributed by atoms with van der Waals surface area (Å²) < 4.78 is 2.45. The molecule has 1 aliphatic heterocycles. The molecule has 92 valence electrons. The van der Waals surface area contributed by atoms with Gasteiger partial charge in [0, 0.05) is 35.6 Å². The predicted octanol–water partition coefficient (Wildman–Crippen LogP) is 2.43. The second-order valence-electron chi connectivity index (χ2n) is 3.80. The summed E-state index contributed by atoms with van der Waals surface area (Å²) in [5.74, 6) is 0.190. The average molecular weight is 289 g/mol. The number of rotatable bonds is 1. The van der Waals surface area contributed by atoms with Gasteiger partial charge in [-0.3, -0.25) is 4.79 Å². The highest BCUT2D eigenvalue weighted by molar-refractivity contribution is 7.27. The van der Waals surface area contributed by atoms with Crippen LogP contribution in [-0.4, -0.2) is 37.0 Å². The normalized spacial score (nSPS) is 15.9. The molecule has 1 fully saturated rings. The Labute approximate surface area is 114 Å². The van der Waals surface area contributed by atoms with Gasteiger partial charge in [0.25, 0.3) is 5.91 Å². The summed E-state index contributed by atoms with van der Waals surface area (Å²) in [4.78, 5) is 15.0. The number of halogens is 1. The summed E-state index contributed by atoms with van der Waals surface area (Å²) in [5.41, 5.74) is 0. The lowest BCUT2D eigenvalue weighted by Gasteiger charge is -2.26. The van der Waals surface area contributed by atoms with Gasteiger partial charge in [0.2, 0.25) is 0 Å². The molecule has 2 aromatic rings. The number of nitrogens with zero attached hydrogens (tertiary/aromatic N) is 1. The Bertz CT molecular complexity index is 488. The maximum Gasteiger partial charge on any atom is 0.264 e. The van der Waals surface area contributed by atoms with E-state index in [1.165, 1.54) is 9.40 Å². The molecular formula is C11H13ClN2OS2. The summed E-state index contributed by atoms with van der Waals surface area (Å²) in [6.07, 6.45) is 0. The van der Waals surface area contributed by atoms with Gasteiger partial charge in [-0.15, -0.1) is 35.1 Å². The Kier molecular flexibility index (Phi) is 4.04. The molecule has 0 saturated carbocycles. The van der Waals surface area contributed by atoms with Gasteiger partial charge >= 0.3 is 0 Å². The first-order chi connectivity index (χ1) is 7.84. The first-order valence-corrected chi connectivity index (χ1v) is 7.01. The average Bonchev–Trinajstić information content (AvgIpc) is 2.89. The molecule has 1 aliphatic rings. The van der Waals surface area contributed by atoms with Crippen molar-refractivity contribution in [1.82, 2.24) is 10.2 Å². The lowest BCUT2D eigenvalue weighted by molar-refractivity contribution is 0.0741. The molecule has 1 N–H and O–H groups in total. The monoisotopic (exact) mass is 288 g/mol. The quantitative estimate of drug-likeness (QED) is 0.874. The van der Waals surface area contributed by atoms with Crippen molar-refractivity contribution in [2.24, 2.45) is 0 Å². The summed E-state index contributed by atoms with van der Waals surface area (Å²) >= 11 is 3.30. The van der Waals surface area contributed by atoms with Crippen LogP contribution >= 0.6 is 35.1 Å². The van der Waals surface area contributed by atoms with E-state index >= 15 is 0 Å². The van der Waals surface area contributed by atoms with E-state index in [-0.39, 0.29) is 18.3 Å². The Hall–Kier alpha value is -0.620. The summed E-state index contributed by atoms with van der Waals surface area (Å²) in [5, 5.41) is 5.32. The smallest absolute Gasteiger partial charge is 0.264 e. The molecular weight excluding hydrogens is 276 g/mol. The largest absolute Gasteiger partial charge is 0.335 e. The Morgan fingerprint density at radius 3 is 2.76 bits per heavy atom. The van der Waals surface area contributed by atoms with Crippen molar-refractivity contribution >= 4 is 50.4 Å². The van der Waals surface area contributed by atoms with Gasteiger partial charge in [-0.05, 0) is 17.5 Å². The van der Waals surface area contributed by atoms with E-state index in [0.29, 0.717) is 0 Å². The van der Waals surface area contributed by atoms with Crippen molar-refractivity contribution in [1.29, 1.82) is 0 Å². The second-order valence-corrected chi connectivity index (χ2v) is 5.83. The van der Waals surface area contributed by atoms with Gasteiger partial charge in [-0.25, -0.2) is 0 Å². The molecule has 6 heteroatoms. The van der Waals surface area contributed by atoms with E-state index in [1.807, 2.05) is 11.0 Å². The molecule has 1 saturated heterocycles. The standard InChI is InChI=1S/C11H12N2OS2.ClH/c14-11(13-4-2-12-3-5-13)10-7-9-8(16-10)1-6-15-9;/h1,6-7,12H,2-5H2;1H. The summed E-state index contributed by atoms with van der Waals surface area (Å²) in [7, 11) is 0. The molecule has 0 spiro atoms. The second kappa shape index (κ2) is 5.35. The van der Waals surface area contributed by atoms with Crippen LogP contribution in [0, 0.1) is 0 Å². The van der Waals surface area contributed by atoms with Crippen LogP contribution in [0.1, 0.15) is 9.67 Å². The third kappa shape index (κ3) is 2.47. The number of thiophene rings is 2. The van der Waals surface area contributed by atoms with Crippen molar-refractivity contribution in [3.63, 3.8) is 0 Å². The lowest BCUT2D eigenvalue weighted by atomic mass is 10.3. The van der Waals surface area contributed by atoms with Crippen LogP contribution in [0.2, 0.25) is 0 Å². The topological polar surface area (TPSA) is 32.3 Å². The molecule has 17 heavy (non-hydrogen) atoms. The molecule has 0 radical (unpaired) electrons. The van der Waals surface area contributed by atoms with Crippen LogP contribution in [0.5, 0.6) is 0 Å². The van der Waals surface area contributed by atoms with Crippen LogP contribution in [-0.2, 0) is 0 Å². The van der Waals surface area contributed by atoms with Gasteiger partial charge < -0.3 is 10.2 Å². The zero-order valence-corrected chi connectivity index (χ0v) is 11.6. The molecule has 1 amide bonds. The van der Waals surface area contributed by atoms with Crippen molar-refractivity contribution in [2.75, 3.05) is 26.2 Å².